The number of methoxy groups -OCH3 is 1. The normalized spacial score (nSPS) is 13.6. The molecule has 1 aliphatic heterocycles. The van der Waals surface area contributed by atoms with E-state index in [0.717, 1.165) is 30.2 Å². The van der Waals surface area contributed by atoms with Gasteiger partial charge < -0.3 is 24.6 Å². The first-order valence-corrected chi connectivity index (χ1v) is 15.6. The third-order valence-electron chi connectivity index (χ3n) is 7.35. The van der Waals surface area contributed by atoms with Crippen molar-refractivity contribution in [2.75, 3.05) is 49.4 Å². The Balaban J connectivity index is 1.46. The second-order valence-electron chi connectivity index (χ2n) is 10.7. The van der Waals surface area contributed by atoms with Crippen LogP contribution in [0.5, 0.6) is 5.75 Å². The fraction of sp³-hybridized carbons (Fsp3) is 0.294. The minimum atomic E-state index is -1.03. The second kappa shape index (κ2) is 15.0. The van der Waals surface area contributed by atoms with Crippen molar-refractivity contribution in [2.24, 2.45) is 0 Å². The first kappa shape index (κ1) is 31.9. The molecule has 2 heterocycles. The lowest BCUT2D eigenvalue weighted by molar-refractivity contribution is -0.137. The van der Waals surface area contributed by atoms with E-state index in [4.69, 9.17) is 9.47 Å². The Morgan fingerprint density at radius 1 is 1.00 bits per heavy atom. The Morgan fingerprint density at radius 2 is 1.69 bits per heavy atom. The molecular formula is C34H36FN5O4S. The van der Waals surface area contributed by atoms with Gasteiger partial charge in [-0.05, 0) is 79.6 Å². The minimum absolute atomic E-state index is 0.00785. The highest BCUT2D eigenvalue weighted by Crippen LogP contribution is 2.30. The van der Waals surface area contributed by atoms with Crippen molar-refractivity contribution in [2.45, 2.75) is 31.6 Å². The Labute approximate surface area is 266 Å². The van der Waals surface area contributed by atoms with Crippen molar-refractivity contribution in [3.63, 3.8) is 0 Å². The summed E-state index contributed by atoms with van der Waals surface area (Å²) in [5.74, 6) is -0.552. The van der Waals surface area contributed by atoms with E-state index in [9.17, 15) is 14.0 Å². The van der Waals surface area contributed by atoms with Gasteiger partial charge in [0.2, 0.25) is 5.91 Å². The third-order valence-corrected chi connectivity index (χ3v) is 8.19. The van der Waals surface area contributed by atoms with Gasteiger partial charge in [0, 0.05) is 42.4 Å². The SMILES string of the molecule is COc1cccc(C(C(=O)Nc2ccc(N3CCOCC3)cc2)N(Cc2ccc(F)cc2)C(=O)CSc2nc(C)cc(C)n2)c1. The van der Waals surface area contributed by atoms with Gasteiger partial charge in [0.1, 0.15) is 17.6 Å². The number of amides is 2. The Kier molecular flexibility index (Phi) is 10.6. The van der Waals surface area contributed by atoms with Gasteiger partial charge in [-0.3, -0.25) is 9.59 Å². The monoisotopic (exact) mass is 629 g/mol. The standard InChI is InChI=1S/C34H36FN5O4S/c1-23-19-24(2)37-34(36-23)45-22-31(41)40(21-25-7-9-27(35)10-8-25)32(26-5-4-6-30(20-26)43-3)33(42)38-28-11-13-29(14-12-28)39-15-17-44-18-16-39/h4-14,19-20,32H,15-18,21-22H2,1-3H3,(H,38,42). The third kappa shape index (κ3) is 8.58. The number of aromatic nitrogens is 2. The predicted octanol–water partition coefficient (Wildman–Crippen LogP) is 5.58. The molecule has 4 aromatic rings. The maximum absolute atomic E-state index is 14.2. The second-order valence-corrected chi connectivity index (χ2v) is 11.6. The van der Waals surface area contributed by atoms with Crippen LogP contribution in [0.25, 0.3) is 0 Å². The number of hydrogen-bond donors (Lipinski definition) is 1. The fourth-order valence-corrected chi connectivity index (χ4v) is 5.98. The van der Waals surface area contributed by atoms with Crippen molar-refractivity contribution >= 4 is 35.0 Å². The predicted molar refractivity (Wildman–Crippen MR) is 173 cm³/mol. The lowest BCUT2D eigenvalue weighted by atomic mass is 10.0. The van der Waals surface area contributed by atoms with Crippen LogP contribution in [0.2, 0.25) is 0 Å². The van der Waals surface area contributed by atoms with Gasteiger partial charge in [0.05, 0.1) is 26.1 Å². The zero-order valence-corrected chi connectivity index (χ0v) is 26.4. The summed E-state index contributed by atoms with van der Waals surface area (Å²) in [4.78, 5) is 40.9. The van der Waals surface area contributed by atoms with E-state index in [1.165, 1.54) is 28.8 Å². The number of morpholine rings is 1. The number of carbonyl (C=O) groups excluding carboxylic acids is 2. The van der Waals surface area contributed by atoms with Crippen molar-refractivity contribution in [1.82, 2.24) is 14.9 Å². The van der Waals surface area contributed by atoms with E-state index in [2.05, 4.69) is 20.2 Å². The van der Waals surface area contributed by atoms with Crippen LogP contribution < -0.4 is 15.0 Å². The molecule has 0 radical (unpaired) electrons. The summed E-state index contributed by atoms with van der Waals surface area (Å²) in [6.45, 7) is 6.76. The molecule has 0 spiro atoms. The van der Waals surface area contributed by atoms with Crippen LogP contribution in [0.15, 0.2) is 84.0 Å². The molecule has 234 valence electrons. The quantitative estimate of drug-likeness (QED) is 0.170. The molecule has 45 heavy (non-hydrogen) atoms. The molecule has 11 heteroatoms. The maximum atomic E-state index is 14.2. The van der Waals surface area contributed by atoms with Crippen LogP contribution in [0.1, 0.15) is 28.6 Å². The van der Waals surface area contributed by atoms with E-state index >= 15 is 0 Å². The van der Waals surface area contributed by atoms with Gasteiger partial charge in [-0.25, -0.2) is 14.4 Å². The lowest BCUT2D eigenvalue weighted by Gasteiger charge is -2.32. The smallest absolute Gasteiger partial charge is 0.251 e. The molecule has 2 amide bonds. The largest absolute Gasteiger partial charge is 0.497 e. The highest BCUT2D eigenvalue weighted by Gasteiger charge is 2.32. The van der Waals surface area contributed by atoms with Gasteiger partial charge in [-0.15, -0.1) is 0 Å². The number of benzene rings is 3. The molecule has 3 aromatic carbocycles. The molecule has 1 saturated heterocycles. The Bertz CT molecular complexity index is 1590. The van der Waals surface area contributed by atoms with Crippen molar-refractivity contribution in [1.29, 1.82) is 0 Å². The molecular weight excluding hydrogens is 593 g/mol. The van der Waals surface area contributed by atoms with Crippen LogP contribution in [-0.2, 0) is 20.9 Å². The summed E-state index contributed by atoms with van der Waals surface area (Å²) in [6.07, 6.45) is 0. The topological polar surface area (TPSA) is 96.9 Å². The van der Waals surface area contributed by atoms with Crippen molar-refractivity contribution in [3.05, 3.63) is 107 Å². The van der Waals surface area contributed by atoms with E-state index < -0.39 is 11.9 Å². The van der Waals surface area contributed by atoms with Gasteiger partial charge in [0.15, 0.2) is 5.16 Å². The average molecular weight is 630 g/mol. The number of rotatable bonds is 11. The fourth-order valence-electron chi connectivity index (χ4n) is 5.15. The van der Waals surface area contributed by atoms with Gasteiger partial charge in [0.25, 0.3) is 5.91 Å². The first-order chi connectivity index (χ1) is 21.8. The molecule has 0 saturated carbocycles. The Hall–Kier alpha value is -4.48. The van der Waals surface area contributed by atoms with Gasteiger partial charge >= 0.3 is 0 Å². The van der Waals surface area contributed by atoms with Gasteiger partial charge in [-0.1, -0.05) is 36.0 Å². The van der Waals surface area contributed by atoms with Crippen LogP contribution in [0, 0.1) is 19.7 Å². The molecule has 0 aliphatic carbocycles. The summed E-state index contributed by atoms with van der Waals surface area (Å²) in [5.41, 5.74) is 4.48. The lowest BCUT2D eigenvalue weighted by Crippen LogP contribution is -2.42. The Morgan fingerprint density at radius 3 is 2.36 bits per heavy atom. The molecule has 1 aromatic heterocycles. The zero-order chi connectivity index (χ0) is 31.8. The highest BCUT2D eigenvalue weighted by atomic mass is 32.2. The highest BCUT2D eigenvalue weighted by molar-refractivity contribution is 7.99. The molecule has 1 N–H and O–H groups in total. The number of nitrogens with zero attached hydrogens (tertiary/aromatic N) is 4. The van der Waals surface area contributed by atoms with Crippen LogP contribution >= 0.6 is 11.8 Å². The number of anilines is 2. The maximum Gasteiger partial charge on any atom is 0.251 e. The number of aryl methyl sites for hydroxylation is 2. The van der Waals surface area contributed by atoms with E-state index in [-0.39, 0.29) is 24.0 Å². The number of nitrogens with one attached hydrogen (secondary N) is 1. The number of carbonyl (C=O) groups is 2. The van der Waals surface area contributed by atoms with Crippen LogP contribution in [0.3, 0.4) is 0 Å². The molecule has 1 aliphatic rings. The molecule has 0 bridgehead atoms. The summed E-state index contributed by atoms with van der Waals surface area (Å²) in [6, 6.07) is 21.5. The first-order valence-electron chi connectivity index (χ1n) is 14.7. The molecule has 9 nitrogen and oxygen atoms in total. The number of thioether (sulfide) groups is 1. The summed E-state index contributed by atoms with van der Waals surface area (Å²) in [7, 11) is 1.55. The van der Waals surface area contributed by atoms with Crippen LogP contribution in [-0.4, -0.2) is 65.8 Å². The molecule has 1 fully saturated rings. The van der Waals surface area contributed by atoms with E-state index in [1.54, 1.807) is 43.5 Å². The molecule has 1 unspecified atom stereocenters. The number of ether oxygens (including phenoxy) is 2. The summed E-state index contributed by atoms with van der Waals surface area (Å²) in [5, 5.41) is 3.50. The van der Waals surface area contributed by atoms with E-state index in [0.29, 0.717) is 40.9 Å². The molecule has 5 rings (SSSR count). The van der Waals surface area contributed by atoms with Crippen molar-refractivity contribution < 1.29 is 23.5 Å². The van der Waals surface area contributed by atoms with E-state index in [1.807, 2.05) is 44.2 Å². The number of hydrogen-bond acceptors (Lipinski definition) is 8. The molecule has 1 atom stereocenters. The zero-order valence-electron chi connectivity index (χ0n) is 25.5. The summed E-state index contributed by atoms with van der Waals surface area (Å²) >= 11 is 1.21. The summed E-state index contributed by atoms with van der Waals surface area (Å²) < 4.78 is 24.7. The van der Waals surface area contributed by atoms with Gasteiger partial charge in [-0.2, -0.15) is 0 Å². The number of halogens is 1. The minimum Gasteiger partial charge on any atom is -0.497 e. The van der Waals surface area contributed by atoms with Crippen molar-refractivity contribution in [3.8, 4) is 5.75 Å². The van der Waals surface area contributed by atoms with Crippen LogP contribution in [0.4, 0.5) is 15.8 Å². The average Bonchev–Trinajstić information content (AvgIpc) is 3.04.